The van der Waals surface area contributed by atoms with E-state index < -0.39 is 5.97 Å². The van der Waals surface area contributed by atoms with E-state index >= 15 is 0 Å². The van der Waals surface area contributed by atoms with Crippen LogP contribution in [0.5, 0.6) is 0 Å². The third kappa shape index (κ3) is 3.22. The largest absolute Gasteiger partial charge is 0.548 e. The molecule has 1 amide bonds. The van der Waals surface area contributed by atoms with Crippen molar-refractivity contribution in [3.8, 4) is 0 Å². The summed E-state index contributed by atoms with van der Waals surface area (Å²) in [5.41, 5.74) is 1.12. The van der Waals surface area contributed by atoms with Gasteiger partial charge in [0.2, 0.25) is 5.91 Å². The summed E-state index contributed by atoms with van der Waals surface area (Å²) in [6.07, 6.45) is 8.38. The number of hydrogen-bond donors (Lipinski definition) is 1. The minimum atomic E-state index is -1.15. The molecule has 2 aliphatic carbocycles. The third-order valence-electron chi connectivity index (χ3n) is 8.99. The summed E-state index contributed by atoms with van der Waals surface area (Å²) in [6, 6.07) is 1.19. The first-order chi connectivity index (χ1) is 14.5. The van der Waals surface area contributed by atoms with Crippen molar-refractivity contribution >= 4 is 11.9 Å². The Morgan fingerprint density at radius 3 is 2.77 bits per heavy atom. The lowest BCUT2D eigenvalue weighted by molar-refractivity contribution is -0.713. The molecule has 166 valence electrons. The lowest BCUT2D eigenvalue weighted by Crippen LogP contribution is -2.98. The third-order valence-corrected chi connectivity index (χ3v) is 8.99. The molecule has 2 saturated carbocycles. The summed E-state index contributed by atoms with van der Waals surface area (Å²) in [4.78, 5) is 27.1. The normalized spacial score (nSPS) is 44.8. The van der Waals surface area contributed by atoms with Crippen LogP contribution < -0.4 is 10.4 Å². The molecule has 5 aliphatic rings. The highest BCUT2D eigenvalue weighted by molar-refractivity contribution is 5.82. The highest BCUT2D eigenvalue weighted by Gasteiger charge is 2.65. The summed E-state index contributed by atoms with van der Waals surface area (Å²) in [6.45, 7) is 7.02. The maximum atomic E-state index is 13.7. The monoisotopic (exact) mass is 416 g/mol. The molecule has 0 bridgehead atoms. The molecule has 9 unspecified atom stereocenters. The van der Waals surface area contributed by atoms with Crippen molar-refractivity contribution in [1.82, 2.24) is 4.90 Å². The van der Waals surface area contributed by atoms with Crippen LogP contribution >= 0.6 is 0 Å². The number of carboxylic acids is 1. The smallest absolute Gasteiger partial charge is 0.226 e. The van der Waals surface area contributed by atoms with E-state index in [0.717, 1.165) is 44.2 Å². The van der Waals surface area contributed by atoms with Gasteiger partial charge in [-0.1, -0.05) is 18.4 Å². The lowest BCUT2D eigenvalue weighted by atomic mass is 9.63. The van der Waals surface area contributed by atoms with Crippen LogP contribution in [0, 0.1) is 29.6 Å². The molecule has 0 aromatic carbocycles. The van der Waals surface area contributed by atoms with Crippen molar-refractivity contribution in [3.63, 3.8) is 0 Å². The Balaban J connectivity index is 1.48. The molecule has 2 N–H and O–H groups in total. The minimum Gasteiger partial charge on any atom is -0.548 e. The van der Waals surface area contributed by atoms with Crippen LogP contribution in [0.4, 0.5) is 0 Å². The van der Waals surface area contributed by atoms with Crippen LogP contribution in [0.1, 0.15) is 58.3 Å². The SMILES string of the molecule is C=C(C)CC1C(OCC(=O)[O-])CCC2C1C1CC[NH2+]C3C4CCCCC4C(=O)N2C13. The number of amides is 1. The van der Waals surface area contributed by atoms with E-state index in [9.17, 15) is 14.7 Å². The van der Waals surface area contributed by atoms with Crippen molar-refractivity contribution in [2.24, 2.45) is 29.6 Å². The fourth-order valence-electron chi connectivity index (χ4n) is 8.22. The Bertz CT molecular complexity index is 724. The molecular formula is C24H36N2O4. The molecule has 6 heteroatoms. The molecule has 6 nitrogen and oxygen atoms in total. The number of carbonyl (C=O) groups is 2. The number of carboxylic acid groups (broad SMARTS) is 1. The maximum Gasteiger partial charge on any atom is 0.226 e. The number of piperidine rings is 2. The molecule has 0 radical (unpaired) electrons. The van der Waals surface area contributed by atoms with Gasteiger partial charge in [0.15, 0.2) is 0 Å². The fourth-order valence-corrected chi connectivity index (χ4v) is 8.22. The molecule has 5 fully saturated rings. The standard InChI is InChI=1S/C24H36N2O4/c1-13(2)11-17-19(30-12-20(27)28)8-7-18-21(17)16-9-10-25-22-14-5-3-4-6-15(14)24(29)26(18)23(16)22/h14-19,21-23,25H,1,3-12H2,2H3,(H,27,28). The number of carbonyl (C=O) groups excluding carboxylic acids is 2. The van der Waals surface area contributed by atoms with E-state index in [1.807, 2.05) is 0 Å². The van der Waals surface area contributed by atoms with Crippen LogP contribution in [-0.2, 0) is 14.3 Å². The topological polar surface area (TPSA) is 86.3 Å². The Hall–Kier alpha value is -1.40. The summed E-state index contributed by atoms with van der Waals surface area (Å²) in [7, 11) is 0. The van der Waals surface area contributed by atoms with Crippen molar-refractivity contribution in [1.29, 1.82) is 0 Å². The molecule has 3 heterocycles. The second-order valence-electron chi connectivity index (χ2n) is 10.6. The zero-order chi connectivity index (χ0) is 21.0. The number of fused-ring (bicyclic) bond motifs is 5. The zero-order valence-corrected chi connectivity index (χ0v) is 18.1. The molecule has 5 rings (SSSR count). The number of allylic oxidation sites excluding steroid dienone is 1. The lowest BCUT2D eigenvalue weighted by Gasteiger charge is -2.50. The van der Waals surface area contributed by atoms with Gasteiger partial charge in [0.05, 0.1) is 31.3 Å². The molecular weight excluding hydrogens is 380 g/mol. The van der Waals surface area contributed by atoms with Crippen LogP contribution in [0.25, 0.3) is 0 Å². The summed E-state index contributed by atoms with van der Waals surface area (Å²) < 4.78 is 5.86. The van der Waals surface area contributed by atoms with Crippen LogP contribution in [-0.4, -0.2) is 54.2 Å². The number of ether oxygens (including phenoxy) is 1. The van der Waals surface area contributed by atoms with Gasteiger partial charge in [-0.05, 0) is 56.8 Å². The Morgan fingerprint density at radius 1 is 1.20 bits per heavy atom. The van der Waals surface area contributed by atoms with Gasteiger partial charge in [-0.3, -0.25) is 4.79 Å². The highest BCUT2D eigenvalue weighted by atomic mass is 16.5. The van der Waals surface area contributed by atoms with Crippen LogP contribution in [0.3, 0.4) is 0 Å². The van der Waals surface area contributed by atoms with E-state index in [0.29, 0.717) is 35.7 Å². The number of aliphatic carboxylic acids is 1. The maximum absolute atomic E-state index is 13.7. The zero-order valence-electron chi connectivity index (χ0n) is 18.1. The number of hydrogen-bond acceptors (Lipinski definition) is 4. The van der Waals surface area contributed by atoms with Gasteiger partial charge in [0.1, 0.15) is 6.04 Å². The first kappa shape index (κ1) is 20.5. The van der Waals surface area contributed by atoms with E-state index in [-0.39, 0.29) is 30.6 Å². The van der Waals surface area contributed by atoms with Gasteiger partial charge >= 0.3 is 0 Å². The highest BCUT2D eigenvalue weighted by Crippen LogP contribution is 2.55. The average molecular weight is 417 g/mol. The van der Waals surface area contributed by atoms with Crippen LogP contribution in [0.2, 0.25) is 0 Å². The predicted molar refractivity (Wildman–Crippen MR) is 109 cm³/mol. The van der Waals surface area contributed by atoms with Crippen molar-refractivity contribution < 1.29 is 24.7 Å². The number of nitrogens with zero attached hydrogens (tertiary/aromatic N) is 1. The number of nitrogens with two attached hydrogens (primary N) is 1. The molecule has 0 aromatic rings. The second kappa shape index (κ2) is 7.94. The first-order valence-electron chi connectivity index (χ1n) is 12.1. The van der Waals surface area contributed by atoms with E-state index in [1.165, 1.54) is 19.3 Å². The van der Waals surface area contributed by atoms with Crippen molar-refractivity contribution in [3.05, 3.63) is 12.2 Å². The molecule has 3 aliphatic heterocycles. The molecule has 9 atom stereocenters. The Labute approximate surface area is 179 Å². The van der Waals surface area contributed by atoms with Gasteiger partial charge in [0, 0.05) is 24.3 Å². The average Bonchev–Trinajstić information content (AvgIpc) is 3.07. The van der Waals surface area contributed by atoms with Gasteiger partial charge < -0.3 is 24.9 Å². The molecule has 0 spiro atoms. The summed E-state index contributed by atoms with van der Waals surface area (Å²) in [5.74, 6) is 1.19. The number of rotatable bonds is 5. The minimum absolute atomic E-state index is 0.0797. The fraction of sp³-hybridized carbons (Fsp3) is 0.833. The predicted octanol–water partition coefficient (Wildman–Crippen LogP) is 0.465. The Kier molecular flexibility index (Phi) is 5.42. The Morgan fingerprint density at radius 2 is 2.00 bits per heavy atom. The van der Waals surface area contributed by atoms with Crippen LogP contribution in [0.15, 0.2) is 12.2 Å². The quantitative estimate of drug-likeness (QED) is 0.660. The number of quaternary nitrogens is 1. The van der Waals surface area contributed by atoms with E-state index in [4.69, 9.17) is 4.74 Å². The summed E-state index contributed by atoms with van der Waals surface area (Å²) in [5, 5.41) is 13.6. The van der Waals surface area contributed by atoms with Crippen molar-refractivity contribution in [2.75, 3.05) is 13.2 Å². The van der Waals surface area contributed by atoms with Crippen molar-refractivity contribution in [2.45, 2.75) is 82.5 Å². The first-order valence-corrected chi connectivity index (χ1v) is 12.1. The molecule has 0 aromatic heterocycles. The molecule has 3 saturated heterocycles. The molecule has 30 heavy (non-hydrogen) atoms. The summed E-state index contributed by atoms with van der Waals surface area (Å²) >= 11 is 0. The van der Waals surface area contributed by atoms with E-state index in [1.54, 1.807) is 0 Å². The van der Waals surface area contributed by atoms with Gasteiger partial charge in [0.25, 0.3) is 0 Å². The van der Waals surface area contributed by atoms with Gasteiger partial charge in [-0.25, -0.2) is 0 Å². The second-order valence-corrected chi connectivity index (χ2v) is 10.6. The van der Waals surface area contributed by atoms with E-state index in [2.05, 4.69) is 23.7 Å². The van der Waals surface area contributed by atoms with Gasteiger partial charge in [-0.2, -0.15) is 0 Å². The van der Waals surface area contributed by atoms with Gasteiger partial charge in [-0.15, -0.1) is 6.58 Å².